The number of nitrogens with zero attached hydrogens (tertiary/aromatic N) is 1. The molecule has 0 atom stereocenters. The molecule has 0 fully saturated rings. The fourth-order valence-electron chi connectivity index (χ4n) is 1.59. The SMILES string of the molecule is CC(C)(C)c1cccc(Oc2cccc(F)n2)c1. The fraction of sp³-hybridized carbons (Fsp3) is 0.267. The molecule has 1 heterocycles. The summed E-state index contributed by atoms with van der Waals surface area (Å²) in [4.78, 5) is 3.67. The molecule has 2 rings (SSSR count). The maximum Gasteiger partial charge on any atom is 0.221 e. The van der Waals surface area contributed by atoms with Crippen LogP contribution in [0.1, 0.15) is 26.3 Å². The van der Waals surface area contributed by atoms with E-state index in [9.17, 15) is 4.39 Å². The molecule has 2 aromatic rings. The zero-order valence-electron chi connectivity index (χ0n) is 10.8. The predicted molar refractivity (Wildman–Crippen MR) is 69.4 cm³/mol. The number of rotatable bonds is 2. The molecule has 3 heteroatoms. The Balaban J connectivity index is 2.25. The summed E-state index contributed by atoms with van der Waals surface area (Å²) >= 11 is 0. The quantitative estimate of drug-likeness (QED) is 0.735. The normalized spacial score (nSPS) is 11.3. The van der Waals surface area contributed by atoms with Gasteiger partial charge in [0.2, 0.25) is 11.8 Å². The molecule has 0 saturated heterocycles. The molecule has 0 aliphatic rings. The maximum atomic E-state index is 12.9. The van der Waals surface area contributed by atoms with Crippen LogP contribution in [0.3, 0.4) is 0 Å². The summed E-state index contributed by atoms with van der Waals surface area (Å²) in [7, 11) is 0. The van der Waals surface area contributed by atoms with E-state index in [1.165, 1.54) is 6.07 Å². The maximum absolute atomic E-state index is 12.9. The van der Waals surface area contributed by atoms with Crippen LogP contribution in [-0.2, 0) is 5.41 Å². The van der Waals surface area contributed by atoms with Crippen LogP contribution in [-0.4, -0.2) is 4.98 Å². The Kier molecular flexibility index (Phi) is 3.32. The highest BCUT2D eigenvalue weighted by atomic mass is 19.1. The summed E-state index contributed by atoms with van der Waals surface area (Å²) in [5.74, 6) is 0.390. The topological polar surface area (TPSA) is 22.1 Å². The van der Waals surface area contributed by atoms with E-state index < -0.39 is 5.95 Å². The zero-order valence-corrected chi connectivity index (χ0v) is 10.8. The van der Waals surface area contributed by atoms with Crippen LogP contribution in [0, 0.1) is 5.95 Å². The van der Waals surface area contributed by atoms with Crippen molar-refractivity contribution < 1.29 is 9.13 Å². The first-order chi connectivity index (χ1) is 8.45. The van der Waals surface area contributed by atoms with Gasteiger partial charge >= 0.3 is 0 Å². The average molecular weight is 245 g/mol. The second-order valence-electron chi connectivity index (χ2n) is 5.18. The van der Waals surface area contributed by atoms with E-state index in [1.807, 2.05) is 24.3 Å². The molecule has 0 unspecified atom stereocenters. The third-order valence-corrected chi connectivity index (χ3v) is 2.61. The minimum absolute atomic E-state index is 0.0503. The number of ether oxygens (including phenoxy) is 1. The highest BCUT2D eigenvalue weighted by molar-refractivity contribution is 5.34. The van der Waals surface area contributed by atoms with Crippen LogP contribution >= 0.6 is 0 Å². The minimum Gasteiger partial charge on any atom is -0.439 e. The van der Waals surface area contributed by atoms with Gasteiger partial charge in [0, 0.05) is 6.07 Å². The van der Waals surface area contributed by atoms with Crippen molar-refractivity contribution in [3.05, 3.63) is 54.0 Å². The van der Waals surface area contributed by atoms with E-state index in [4.69, 9.17) is 4.74 Å². The molecule has 18 heavy (non-hydrogen) atoms. The standard InChI is InChI=1S/C15H16FNO/c1-15(2,3)11-6-4-7-12(10-11)18-14-9-5-8-13(16)17-14/h4-10H,1-3H3. The van der Waals surface area contributed by atoms with Gasteiger partial charge in [0.25, 0.3) is 0 Å². The average Bonchev–Trinajstić information content (AvgIpc) is 2.28. The van der Waals surface area contributed by atoms with Crippen LogP contribution < -0.4 is 4.74 Å². The van der Waals surface area contributed by atoms with Crippen molar-refractivity contribution in [3.63, 3.8) is 0 Å². The van der Waals surface area contributed by atoms with Gasteiger partial charge in [-0.3, -0.25) is 0 Å². The van der Waals surface area contributed by atoms with Crippen molar-refractivity contribution in [1.82, 2.24) is 4.98 Å². The van der Waals surface area contributed by atoms with Gasteiger partial charge in [0.1, 0.15) is 5.75 Å². The molecule has 0 spiro atoms. The summed E-state index contributed by atoms with van der Waals surface area (Å²) in [6, 6.07) is 12.3. The van der Waals surface area contributed by atoms with E-state index >= 15 is 0 Å². The van der Waals surface area contributed by atoms with E-state index in [0.717, 1.165) is 5.56 Å². The lowest BCUT2D eigenvalue weighted by Crippen LogP contribution is -2.10. The Morgan fingerprint density at radius 1 is 1.06 bits per heavy atom. The van der Waals surface area contributed by atoms with Crippen molar-refractivity contribution >= 4 is 0 Å². The lowest BCUT2D eigenvalue weighted by atomic mass is 9.87. The molecule has 0 N–H and O–H groups in total. The van der Waals surface area contributed by atoms with Crippen molar-refractivity contribution in [2.45, 2.75) is 26.2 Å². The Labute approximate surface area is 106 Å². The van der Waals surface area contributed by atoms with Crippen molar-refractivity contribution in [2.75, 3.05) is 0 Å². The highest BCUT2D eigenvalue weighted by Gasteiger charge is 2.14. The number of hydrogen-bond donors (Lipinski definition) is 0. The Morgan fingerprint density at radius 3 is 2.44 bits per heavy atom. The molecule has 1 aromatic heterocycles. The number of pyridine rings is 1. The van der Waals surface area contributed by atoms with Gasteiger partial charge in [-0.05, 0) is 29.2 Å². The number of hydrogen-bond acceptors (Lipinski definition) is 2. The molecule has 94 valence electrons. The first-order valence-corrected chi connectivity index (χ1v) is 5.86. The Morgan fingerprint density at radius 2 is 1.78 bits per heavy atom. The number of benzene rings is 1. The van der Waals surface area contributed by atoms with Crippen molar-refractivity contribution in [1.29, 1.82) is 0 Å². The highest BCUT2D eigenvalue weighted by Crippen LogP contribution is 2.27. The van der Waals surface area contributed by atoms with Gasteiger partial charge in [-0.1, -0.05) is 39.0 Å². The van der Waals surface area contributed by atoms with Crippen molar-refractivity contribution in [3.8, 4) is 11.6 Å². The lowest BCUT2D eigenvalue weighted by Gasteiger charge is -2.19. The second kappa shape index (κ2) is 4.77. The largest absolute Gasteiger partial charge is 0.439 e. The lowest BCUT2D eigenvalue weighted by molar-refractivity contribution is 0.443. The molecule has 0 aliphatic heterocycles. The van der Waals surface area contributed by atoms with Crippen LogP contribution in [0.5, 0.6) is 11.6 Å². The van der Waals surface area contributed by atoms with E-state index in [-0.39, 0.29) is 11.3 Å². The van der Waals surface area contributed by atoms with Crippen LogP contribution in [0.25, 0.3) is 0 Å². The number of aromatic nitrogens is 1. The van der Waals surface area contributed by atoms with Crippen LogP contribution in [0.2, 0.25) is 0 Å². The molecule has 0 aliphatic carbocycles. The third-order valence-electron chi connectivity index (χ3n) is 2.61. The van der Waals surface area contributed by atoms with E-state index in [2.05, 4.69) is 25.8 Å². The Bertz CT molecular complexity index is 546. The summed E-state index contributed by atoms with van der Waals surface area (Å²) in [6.07, 6.45) is 0. The summed E-state index contributed by atoms with van der Waals surface area (Å²) in [6.45, 7) is 6.39. The third kappa shape index (κ3) is 3.06. The molecule has 2 nitrogen and oxygen atoms in total. The molecular formula is C15H16FNO. The van der Waals surface area contributed by atoms with E-state index in [1.54, 1.807) is 12.1 Å². The summed E-state index contributed by atoms with van der Waals surface area (Å²) in [5, 5.41) is 0. The predicted octanol–water partition coefficient (Wildman–Crippen LogP) is 4.31. The van der Waals surface area contributed by atoms with Crippen LogP contribution in [0.15, 0.2) is 42.5 Å². The molecule has 0 radical (unpaired) electrons. The zero-order chi connectivity index (χ0) is 13.2. The molecule has 0 bridgehead atoms. The molecule has 1 aromatic carbocycles. The van der Waals surface area contributed by atoms with Gasteiger partial charge in [-0.15, -0.1) is 0 Å². The van der Waals surface area contributed by atoms with Gasteiger partial charge in [0.15, 0.2) is 0 Å². The summed E-state index contributed by atoms with van der Waals surface area (Å²) < 4.78 is 18.5. The first kappa shape index (κ1) is 12.6. The van der Waals surface area contributed by atoms with Crippen molar-refractivity contribution in [2.24, 2.45) is 0 Å². The monoisotopic (exact) mass is 245 g/mol. The van der Waals surface area contributed by atoms with Crippen LogP contribution in [0.4, 0.5) is 4.39 Å². The molecule has 0 saturated carbocycles. The van der Waals surface area contributed by atoms with Gasteiger partial charge in [-0.25, -0.2) is 0 Å². The van der Waals surface area contributed by atoms with Gasteiger partial charge in [0.05, 0.1) is 0 Å². The van der Waals surface area contributed by atoms with E-state index in [0.29, 0.717) is 5.75 Å². The molecule has 0 amide bonds. The number of halogens is 1. The first-order valence-electron chi connectivity index (χ1n) is 5.86. The van der Waals surface area contributed by atoms with Gasteiger partial charge < -0.3 is 4.74 Å². The Hall–Kier alpha value is -1.90. The molecular weight excluding hydrogens is 229 g/mol. The minimum atomic E-state index is -0.542. The van der Waals surface area contributed by atoms with Gasteiger partial charge in [-0.2, -0.15) is 9.37 Å². The fourth-order valence-corrected chi connectivity index (χ4v) is 1.59. The summed E-state index contributed by atoms with van der Waals surface area (Å²) in [5.41, 5.74) is 1.21. The second-order valence-corrected chi connectivity index (χ2v) is 5.18. The smallest absolute Gasteiger partial charge is 0.221 e.